The molecular formula is C20H14N4O2S3. The quantitative estimate of drug-likeness (QED) is 0.440. The Morgan fingerprint density at radius 2 is 2.10 bits per heavy atom. The highest BCUT2D eigenvalue weighted by Crippen LogP contribution is 2.33. The Bertz CT molecular complexity index is 1410. The van der Waals surface area contributed by atoms with Gasteiger partial charge in [0.15, 0.2) is 5.13 Å². The molecule has 144 valence electrons. The Morgan fingerprint density at radius 1 is 1.21 bits per heavy atom. The molecule has 5 aromatic rings. The number of carbonyl (C=O) groups excluding carboxylic acids is 1. The summed E-state index contributed by atoms with van der Waals surface area (Å²) in [5, 5.41) is 7.80. The molecule has 29 heavy (non-hydrogen) atoms. The van der Waals surface area contributed by atoms with E-state index >= 15 is 0 Å². The van der Waals surface area contributed by atoms with E-state index in [-0.39, 0.29) is 18.0 Å². The van der Waals surface area contributed by atoms with Crippen LogP contribution < -0.4 is 10.9 Å². The topological polar surface area (TPSA) is 76.9 Å². The van der Waals surface area contributed by atoms with Crippen LogP contribution in [0.5, 0.6) is 0 Å². The summed E-state index contributed by atoms with van der Waals surface area (Å²) in [4.78, 5) is 36.1. The average Bonchev–Trinajstić information content (AvgIpc) is 3.42. The molecule has 0 aliphatic rings. The average molecular weight is 439 g/mol. The third kappa shape index (κ3) is 3.27. The van der Waals surface area contributed by atoms with Gasteiger partial charge in [0.25, 0.3) is 5.56 Å². The summed E-state index contributed by atoms with van der Waals surface area (Å²) in [6, 6.07) is 9.85. The zero-order valence-corrected chi connectivity index (χ0v) is 17.7. The van der Waals surface area contributed by atoms with Crippen molar-refractivity contribution in [3.05, 3.63) is 63.3 Å². The number of hydrogen-bond donors (Lipinski definition) is 1. The third-order valence-corrected chi connectivity index (χ3v) is 7.25. The molecule has 9 heteroatoms. The summed E-state index contributed by atoms with van der Waals surface area (Å²) in [5.74, 6) is -0.308. The number of fused-ring (bicyclic) bond motifs is 2. The van der Waals surface area contributed by atoms with Crippen LogP contribution in [0.15, 0.2) is 52.2 Å². The number of thiazole rings is 1. The lowest BCUT2D eigenvalue weighted by atomic mass is 10.2. The van der Waals surface area contributed by atoms with Crippen LogP contribution in [-0.4, -0.2) is 20.4 Å². The maximum atomic E-state index is 13.0. The highest BCUT2D eigenvalue weighted by atomic mass is 32.1. The molecular weight excluding hydrogens is 424 g/mol. The zero-order valence-electron chi connectivity index (χ0n) is 15.2. The fourth-order valence-corrected chi connectivity index (χ4v) is 5.83. The van der Waals surface area contributed by atoms with Crippen LogP contribution in [0.1, 0.15) is 5.56 Å². The van der Waals surface area contributed by atoms with Crippen LogP contribution in [0.3, 0.4) is 0 Å². The largest absolute Gasteiger partial charge is 0.300 e. The summed E-state index contributed by atoms with van der Waals surface area (Å²) in [5.41, 5.74) is 2.60. The second kappa shape index (κ2) is 7.18. The van der Waals surface area contributed by atoms with E-state index in [1.807, 2.05) is 48.0 Å². The number of nitrogens with zero attached hydrogens (tertiary/aromatic N) is 3. The molecule has 0 spiro atoms. The van der Waals surface area contributed by atoms with Gasteiger partial charge in [0.1, 0.15) is 11.4 Å². The van der Waals surface area contributed by atoms with Crippen molar-refractivity contribution in [2.45, 2.75) is 13.5 Å². The molecule has 0 unspecified atom stereocenters. The van der Waals surface area contributed by atoms with Gasteiger partial charge in [-0.25, -0.2) is 9.97 Å². The van der Waals surface area contributed by atoms with Gasteiger partial charge in [-0.3, -0.25) is 14.2 Å². The number of amides is 1. The second-order valence-electron chi connectivity index (χ2n) is 6.47. The first-order valence-corrected chi connectivity index (χ1v) is 11.3. The Balaban J connectivity index is 1.44. The predicted octanol–water partition coefficient (Wildman–Crippen LogP) is 4.74. The Kier molecular flexibility index (Phi) is 4.50. The van der Waals surface area contributed by atoms with E-state index in [1.165, 1.54) is 33.6 Å². The third-order valence-electron chi connectivity index (χ3n) is 4.53. The number of nitrogens with one attached hydrogen (secondary N) is 1. The molecule has 0 aliphatic carbocycles. The summed E-state index contributed by atoms with van der Waals surface area (Å²) in [6.45, 7) is 1.87. The van der Waals surface area contributed by atoms with Crippen LogP contribution in [-0.2, 0) is 11.3 Å². The number of para-hydroxylation sites is 1. The van der Waals surface area contributed by atoms with Crippen LogP contribution in [0.25, 0.3) is 30.9 Å². The van der Waals surface area contributed by atoms with E-state index in [9.17, 15) is 9.59 Å². The van der Waals surface area contributed by atoms with E-state index in [4.69, 9.17) is 0 Å². The smallest absolute Gasteiger partial charge is 0.263 e. The molecule has 1 aromatic carbocycles. The molecule has 6 nitrogen and oxygen atoms in total. The molecule has 4 aromatic heterocycles. The van der Waals surface area contributed by atoms with Crippen molar-refractivity contribution in [1.82, 2.24) is 14.5 Å². The number of hydrogen-bond acceptors (Lipinski definition) is 7. The summed E-state index contributed by atoms with van der Waals surface area (Å²) in [6.07, 6.45) is 1.43. The molecule has 0 saturated heterocycles. The van der Waals surface area contributed by atoms with E-state index in [0.29, 0.717) is 15.3 Å². The number of benzene rings is 1. The normalized spacial score (nSPS) is 11.3. The second-order valence-corrected chi connectivity index (χ2v) is 9.31. The van der Waals surface area contributed by atoms with Crippen LogP contribution in [0.2, 0.25) is 0 Å². The molecule has 0 aliphatic heterocycles. The van der Waals surface area contributed by atoms with Crippen molar-refractivity contribution < 1.29 is 4.79 Å². The Labute approximate surface area is 177 Å². The first-order chi connectivity index (χ1) is 14.1. The van der Waals surface area contributed by atoms with Gasteiger partial charge in [-0.05, 0) is 30.0 Å². The minimum atomic E-state index is -0.308. The minimum absolute atomic E-state index is 0.115. The fourth-order valence-electron chi connectivity index (χ4n) is 3.15. The predicted molar refractivity (Wildman–Crippen MR) is 120 cm³/mol. The zero-order chi connectivity index (χ0) is 20.0. The number of carbonyl (C=O) groups is 1. The standard InChI is InChI=1S/C20H14N4O2S3/c1-11-4-2-5-14-17(11)23-20(29-14)22-15(25)8-24-10-21-18-16(19(24)26)12(9-28-18)13-6-3-7-27-13/h2-7,9-10H,8H2,1H3,(H,22,23,25). The van der Waals surface area contributed by atoms with Gasteiger partial charge in [0.05, 0.1) is 21.9 Å². The van der Waals surface area contributed by atoms with E-state index in [2.05, 4.69) is 15.3 Å². The van der Waals surface area contributed by atoms with E-state index in [1.54, 1.807) is 11.3 Å². The lowest BCUT2D eigenvalue weighted by Gasteiger charge is -2.05. The Hall–Kier alpha value is -2.88. The summed E-state index contributed by atoms with van der Waals surface area (Å²) < 4.78 is 2.36. The van der Waals surface area contributed by atoms with Crippen molar-refractivity contribution in [3.8, 4) is 10.4 Å². The van der Waals surface area contributed by atoms with Gasteiger partial charge in [-0.1, -0.05) is 29.5 Å². The highest BCUT2D eigenvalue weighted by Gasteiger charge is 2.16. The SMILES string of the molecule is Cc1cccc2sc(NC(=O)Cn3cnc4scc(-c5cccs5)c4c3=O)nc12. The summed E-state index contributed by atoms with van der Waals surface area (Å²) >= 11 is 4.42. The van der Waals surface area contributed by atoms with Gasteiger partial charge in [-0.2, -0.15) is 0 Å². The number of rotatable bonds is 4. The van der Waals surface area contributed by atoms with Gasteiger partial charge >= 0.3 is 0 Å². The molecule has 0 fully saturated rings. The van der Waals surface area contributed by atoms with Crippen molar-refractivity contribution in [2.75, 3.05) is 5.32 Å². The highest BCUT2D eigenvalue weighted by molar-refractivity contribution is 7.22. The van der Waals surface area contributed by atoms with Crippen LogP contribution in [0, 0.1) is 6.92 Å². The molecule has 0 saturated carbocycles. The maximum Gasteiger partial charge on any atom is 0.263 e. The Morgan fingerprint density at radius 3 is 2.90 bits per heavy atom. The van der Waals surface area contributed by atoms with Crippen molar-refractivity contribution in [1.29, 1.82) is 0 Å². The van der Waals surface area contributed by atoms with E-state index in [0.717, 1.165) is 26.2 Å². The van der Waals surface area contributed by atoms with Gasteiger partial charge in [-0.15, -0.1) is 22.7 Å². The lowest BCUT2D eigenvalue weighted by molar-refractivity contribution is -0.116. The minimum Gasteiger partial charge on any atom is -0.300 e. The van der Waals surface area contributed by atoms with Crippen molar-refractivity contribution in [2.24, 2.45) is 0 Å². The molecule has 4 heterocycles. The molecule has 0 radical (unpaired) electrons. The van der Waals surface area contributed by atoms with Crippen LogP contribution >= 0.6 is 34.0 Å². The molecule has 1 N–H and O–H groups in total. The first-order valence-electron chi connectivity index (χ1n) is 8.76. The summed E-state index contributed by atoms with van der Waals surface area (Å²) in [7, 11) is 0. The number of aromatic nitrogens is 3. The van der Waals surface area contributed by atoms with Gasteiger partial charge in [0.2, 0.25) is 5.91 Å². The first kappa shape index (κ1) is 18.2. The van der Waals surface area contributed by atoms with Crippen LogP contribution in [0.4, 0.5) is 5.13 Å². The van der Waals surface area contributed by atoms with Gasteiger partial charge < -0.3 is 5.32 Å². The van der Waals surface area contributed by atoms with E-state index < -0.39 is 0 Å². The lowest BCUT2D eigenvalue weighted by Crippen LogP contribution is -2.27. The number of anilines is 1. The molecule has 0 atom stereocenters. The molecule has 0 bridgehead atoms. The van der Waals surface area contributed by atoms with Crippen molar-refractivity contribution in [3.63, 3.8) is 0 Å². The van der Waals surface area contributed by atoms with Crippen molar-refractivity contribution >= 4 is 65.5 Å². The fraction of sp³-hybridized carbons (Fsp3) is 0.100. The maximum absolute atomic E-state index is 13.0. The number of aryl methyl sites for hydroxylation is 1. The monoisotopic (exact) mass is 438 g/mol. The molecule has 5 rings (SSSR count). The number of thiophene rings is 2. The molecule has 1 amide bonds. The van der Waals surface area contributed by atoms with Gasteiger partial charge in [0, 0.05) is 15.8 Å².